The van der Waals surface area contributed by atoms with Crippen LogP contribution in [0.5, 0.6) is 0 Å². The van der Waals surface area contributed by atoms with Gasteiger partial charge in [0.1, 0.15) is 0 Å². The van der Waals surface area contributed by atoms with Crippen LogP contribution in [0, 0.1) is 0 Å². The Morgan fingerprint density at radius 2 is 2.00 bits per heavy atom. The van der Waals surface area contributed by atoms with Crippen molar-refractivity contribution >= 4 is 15.4 Å². The van der Waals surface area contributed by atoms with Crippen molar-refractivity contribution in [3.63, 3.8) is 0 Å². The van der Waals surface area contributed by atoms with Gasteiger partial charge in [-0.05, 0) is 25.5 Å². The van der Waals surface area contributed by atoms with Crippen molar-refractivity contribution in [1.82, 2.24) is 4.98 Å². The minimum Gasteiger partial charge on any atom is -0.244 e. The Morgan fingerprint density at radius 3 is 2.62 bits per heavy atom. The minimum atomic E-state index is -3.26. The highest BCUT2D eigenvalue weighted by molar-refractivity contribution is 7.95. The molecular weight excluding hydrogens is 186 g/mol. The van der Waals surface area contributed by atoms with Crippen molar-refractivity contribution in [3.05, 3.63) is 28.8 Å². The molecule has 4 heteroatoms. The van der Waals surface area contributed by atoms with Gasteiger partial charge < -0.3 is 0 Å². The molecule has 0 N–H and O–H groups in total. The zero-order chi connectivity index (χ0) is 9.64. The van der Waals surface area contributed by atoms with Gasteiger partial charge in [0, 0.05) is 11.8 Å². The lowest BCUT2D eigenvalue weighted by atomic mass is 10.1. The van der Waals surface area contributed by atoms with Crippen LogP contribution in [0.4, 0.5) is 0 Å². The van der Waals surface area contributed by atoms with Crippen LogP contribution in [-0.2, 0) is 9.84 Å². The lowest BCUT2D eigenvalue weighted by Crippen LogP contribution is -1.99. The zero-order valence-electron chi connectivity index (χ0n) is 7.40. The highest BCUT2D eigenvalue weighted by atomic mass is 32.2. The molecule has 0 atom stereocenters. The van der Waals surface area contributed by atoms with Gasteiger partial charge in [0.2, 0.25) is 9.84 Å². The third kappa shape index (κ3) is 0.951. The Bertz CT molecular complexity index is 500. The van der Waals surface area contributed by atoms with Gasteiger partial charge in [0.05, 0.1) is 4.91 Å². The second-order valence-electron chi connectivity index (χ2n) is 3.04. The SMILES string of the molecule is CC1=C(C)S(=O)(=O)c2ncccc21. The Kier molecular flexibility index (Phi) is 1.57. The molecule has 0 saturated heterocycles. The fourth-order valence-corrected chi connectivity index (χ4v) is 2.94. The predicted octanol–water partition coefficient (Wildman–Crippen LogP) is 1.62. The first-order valence-electron chi connectivity index (χ1n) is 3.93. The first-order valence-corrected chi connectivity index (χ1v) is 5.41. The molecule has 0 bridgehead atoms. The number of hydrogen-bond acceptors (Lipinski definition) is 3. The molecule has 1 aliphatic rings. The molecule has 1 aromatic rings. The Labute approximate surface area is 77.0 Å². The quantitative estimate of drug-likeness (QED) is 0.632. The van der Waals surface area contributed by atoms with Gasteiger partial charge >= 0.3 is 0 Å². The molecule has 1 aromatic heterocycles. The largest absolute Gasteiger partial charge is 0.244 e. The maximum Gasteiger partial charge on any atom is 0.220 e. The van der Waals surface area contributed by atoms with Crippen LogP contribution in [0.1, 0.15) is 19.4 Å². The predicted molar refractivity (Wildman–Crippen MR) is 49.7 cm³/mol. The summed E-state index contributed by atoms with van der Waals surface area (Å²) in [6.07, 6.45) is 1.50. The van der Waals surface area contributed by atoms with E-state index < -0.39 is 9.84 Å². The lowest BCUT2D eigenvalue weighted by Gasteiger charge is -1.96. The maximum absolute atomic E-state index is 11.7. The monoisotopic (exact) mass is 195 g/mol. The molecule has 0 aliphatic carbocycles. The van der Waals surface area contributed by atoms with Crippen molar-refractivity contribution in [1.29, 1.82) is 0 Å². The maximum atomic E-state index is 11.7. The van der Waals surface area contributed by atoms with Crippen LogP contribution >= 0.6 is 0 Å². The zero-order valence-corrected chi connectivity index (χ0v) is 8.22. The first-order chi connectivity index (χ1) is 6.05. The summed E-state index contributed by atoms with van der Waals surface area (Å²) < 4.78 is 23.3. The Balaban J connectivity index is 2.90. The Morgan fingerprint density at radius 1 is 1.31 bits per heavy atom. The third-order valence-corrected chi connectivity index (χ3v) is 4.31. The highest BCUT2D eigenvalue weighted by Crippen LogP contribution is 2.36. The second-order valence-corrected chi connectivity index (χ2v) is 5.05. The molecule has 0 amide bonds. The van der Waals surface area contributed by atoms with E-state index in [1.165, 1.54) is 6.20 Å². The summed E-state index contributed by atoms with van der Waals surface area (Å²) in [5.74, 6) is 0. The summed E-state index contributed by atoms with van der Waals surface area (Å²) in [5, 5.41) is 0.199. The van der Waals surface area contributed by atoms with E-state index >= 15 is 0 Å². The molecule has 13 heavy (non-hydrogen) atoms. The summed E-state index contributed by atoms with van der Waals surface area (Å²) in [4.78, 5) is 4.30. The van der Waals surface area contributed by atoms with Crippen LogP contribution in [0.2, 0.25) is 0 Å². The van der Waals surface area contributed by atoms with Crippen molar-refractivity contribution in [2.45, 2.75) is 18.9 Å². The molecule has 2 heterocycles. The number of pyridine rings is 1. The topological polar surface area (TPSA) is 47.0 Å². The number of allylic oxidation sites excluding steroid dienone is 2. The number of rotatable bonds is 0. The summed E-state index contributed by atoms with van der Waals surface area (Å²) in [6.45, 7) is 3.42. The van der Waals surface area contributed by atoms with E-state index in [1.807, 2.05) is 0 Å². The van der Waals surface area contributed by atoms with Gasteiger partial charge in [0.15, 0.2) is 5.03 Å². The van der Waals surface area contributed by atoms with Crippen molar-refractivity contribution < 1.29 is 8.42 Å². The molecule has 1 aliphatic heterocycles. The second kappa shape index (κ2) is 2.42. The summed E-state index contributed by atoms with van der Waals surface area (Å²) in [5.41, 5.74) is 1.54. The van der Waals surface area contributed by atoms with Gasteiger partial charge in [0.25, 0.3) is 0 Å². The van der Waals surface area contributed by atoms with Gasteiger partial charge in [-0.15, -0.1) is 0 Å². The van der Waals surface area contributed by atoms with E-state index in [-0.39, 0.29) is 5.03 Å². The Hall–Kier alpha value is -1.16. The third-order valence-electron chi connectivity index (χ3n) is 2.36. The van der Waals surface area contributed by atoms with E-state index in [1.54, 1.807) is 26.0 Å². The van der Waals surface area contributed by atoms with Gasteiger partial charge in [-0.3, -0.25) is 0 Å². The average molecular weight is 195 g/mol. The van der Waals surface area contributed by atoms with Crippen LogP contribution in [-0.4, -0.2) is 13.4 Å². The summed E-state index contributed by atoms with van der Waals surface area (Å²) in [6, 6.07) is 3.53. The molecular formula is C9H9NO2S. The molecule has 0 aromatic carbocycles. The normalized spacial score (nSPS) is 18.9. The number of hydrogen-bond donors (Lipinski definition) is 0. The highest BCUT2D eigenvalue weighted by Gasteiger charge is 2.31. The van der Waals surface area contributed by atoms with E-state index in [9.17, 15) is 8.42 Å². The van der Waals surface area contributed by atoms with Crippen LogP contribution in [0.15, 0.2) is 28.3 Å². The fraction of sp³-hybridized carbons (Fsp3) is 0.222. The molecule has 0 radical (unpaired) electrons. The molecule has 0 fully saturated rings. The van der Waals surface area contributed by atoms with E-state index in [0.29, 0.717) is 4.91 Å². The van der Waals surface area contributed by atoms with Crippen LogP contribution in [0.25, 0.3) is 5.57 Å². The number of fused-ring (bicyclic) bond motifs is 1. The smallest absolute Gasteiger partial charge is 0.220 e. The molecule has 3 nitrogen and oxygen atoms in total. The van der Waals surface area contributed by atoms with Crippen molar-refractivity contribution in [3.8, 4) is 0 Å². The van der Waals surface area contributed by atoms with Gasteiger partial charge in [-0.2, -0.15) is 0 Å². The van der Waals surface area contributed by atoms with E-state index in [0.717, 1.165) is 11.1 Å². The van der Waals surface area contributed by atoms with Crippen LogP contribution < -0.4 is 0 Å². The van der Waals surface area contributed by atoms with E-state index in [2.05, 4.69) is 4.98 Å². The first kappa shape index (κ1) is 8.44. The minimum absolute atomic E-state index is 0.199. The average Bonchev–Trinajstić information content (AvgIpc) is 2.30. The molecule has 68 valence electrons. The standard InChI is InChI=1S/C9H9NO2S/c1-6-7(2)13(11,12)9-8(6)4-3-5-10-9/h3-5H,1-2H3. The molecule has 0 saturated carbocycles. The number of sulfone groups is 1. The van der Waals surface area contributed by atoms with Crippen molar-refractivity contribution in [2.75, 3.05) is 0 Å². The molecule has 0 spiro atoms. The van der Waals surface area contributed by atoms with E-state index in [4.69, 9.17) is 0 Å². The molecule has 2 rings (SSSR count). The van der Waals surface area contributed by atoms with Gasteiger partial charge in [-0.1, -0.05) is 6.07 Å². The summed E-state index contributed by atoms with van der Waals surface area (Å²) >= 11 is 0. The summed E-state index contributed by atoms with van der Waals surface area (Å²) in [7, 11) is -3.26. The van der Waals surface area contributed by atoms with Gasteiger partial charge in [-0.25, -0.2) is 13.4 Å². The number of nitrogens with zero attached hydrogens (tertiary/aromatic N) is 1. The van der Waals surface area contributed by atoms with Crippen LogP contribution in [0.3, 0.4) is 0 Å². The van der Waals surface area contributed by atoms with Crippen molar-refractivity contribution in [2.24, 2.45) is 0 Å². The number of aromatic nitrogens is 1. The lowest BCUT2D eigenvalue weighted by molar-refractivity contribution is 0.600. The molecule has 0 unspecified atom stereocenters. The fourth-order valence-electron chi connectivity index (χ4n) is 1.43.